The summed E-state index contributed by atoms with van der Waals surface area (Å²) >= 11 is 0. The molecule has 0 aromatic heterocycles. The van der Waals surface area contributed by atoms with Gasteiger partial charge in [0.1, 0.15) is 0 Å². The van der Waals surface area contributed by atoms with E-state index in [-0.39, 0.29) is 0 Å². The summed E-state index contributed by atoms with van der Waals surface area (Å²) in [6.45, 7) is 0. The fraction of sp³-hybridized carbons (Fsp3) is 0. The Morgan fingerprint density at radius 3 is 2.18 bits per heavy atom. The Hall–Kier alpha value is -2.28. The molecule has 0 radical (unpaired) electrons. The van der Waals surface area contributed by atoms with Crippen LogP contribution in [0.1, 0.15) is 0 Å². The molecule has 0 unspecified atom stereocenters. The second-order valence-electron chi connectivity index (χ2n) is 4.19. The lowest BCUT2D eigenvalue weighted by Gasteiger charge is -2.04. The smallest absolute Gasteiger partial charge is 0.0320 e. The van der Waals surface area contributed by atoms with E-state index >= 15 is 0 Å². The average molecular weight is 219 g/mol. The number of hydrogen-bond acceptors (Lipinski definition) is 1. The lowest BCUT2D eigenvalue weighted by Crippen LogP contribution is -1.84. The van der Waals surface area contributed by atoms with Crippen molar-refractivity contribution in [2.75, 3.05) is 5.73 Å². The maximum atomic E-state index is 5.81. The highest BCUT2D eigenvalue weighted by Gasteiger charge is 1.99. The van der Waals surface area contributed by atoms with E-state index in [0.29, 0.717) is 0 Å². The lowest BCUT2D eigenvalue weighted by molar-refractivity contribution is 1.64. The van der Waals surface area contributed by atoms with E-state index in [4.69, 9.17) is 5.73 Å². The minimum atomic E-state index is 0.808. The van der Waals surface area contributed by atoms with Crippen molar-refractivity contribution in [3.8, 4) is 11.1 Å². The fourth-order valence-corrected chi connectivity index (χ4v) is 2.08. The van der Waals surface area contributed by atoms with Crippen molar-refractivity contribution in [1.29, 1.82) is 0 Å². The summed E-state index contributed by atoms with van der Waals surface area (Å²) in [5.41, 5.74) is 9.08. The van der Waals surface area contributed by atoms with E-state index in [1.165, 1.54) is 21.9 Å². The Morgan fingerprint density at radius 1 is 0.588 bits per heavy atom. The first-order chi connectivity index (χ1) is 8.33. The van der Waals surface area contributed by atoms with Crippen LogP contribution in [0.15, 0.2) is 66.7 Å². The molecule has 3 aromatic rings. The van der Waals surface area contributed by atoms with Crippen molar-refractivity contribution in [2.45, 2.75) is 0 Å². The Morgan fingerprint density at radius 2 is 1.35 bits per heavy atom. The highest BCUT2D eigenvalue weighted by atomic mass is 14.5. The monoisotopic (exact) mass is 219 g/mol. The van der Waals surface area contributed by atoms with E-state index < -0.39 is 0 Å². The first-order valence-corrected chi connectivity index (χ1v) is 5.68. The predicted molar refractivity (Wildman–Crippen MR) is 73.8 cm³/mol. The van der Waals surface area contributed by atoms with Crippen LogP contribution in [0, 0.1) is 0 Å². The van der Waals surface area contributed by atoms with Crippen LogP contribution in [0.5, 0.6) is 0 Å². The van der Waals surface area contributed by atoms with Crippen molar-refractivity contribution in [3.63, 3.8) is 0 Å². The largest absolute Gasteiger partial charge is 0.399 e. The molecule has 0 aliphatic carbocycles. The van der Waals surface area contributed by atoms with Gasteiger partial charge in [0, 0.05) is 5.69 Å². The second-order valence-corrected chi connectivity index (χ2v) is 4.19. The molecule has 0 saturated heterocycles. The average Bonchev–Trinajstić information content (AvgIpc) is 2.39. The van der Waals surface area contributed by atoms with Gasteiger partial charge in [-0.1, -0.05) is 48.5 Å². The van der Waals surface area contributed by atoms with Gasteiger partial charge in [0.15, 0.2) is 0 Å². The number of rotatable bonds is 1. The molecule has 3 rings (SSSR count). The maximum absolute atomic E-state index is 5.81. The molecule has 0 heterocycles. The number of fused-ring (bicyclic) bond motifs is 1. The van der Waals surface area contributed by atoms with Gasteiger partial charge in [-0.3, -0.25) is 0 Å². The van der Waals surface area contributed by atoms with Gasteiger partial charge in [-0.2, -0.15) is 0 Å². The predicted octanol–water partition coefficient (Wildman–Crippen LogP) is 4.09. The normalized spacial score (nSPS) is 10.6. The van der Waals surface area contributed by atoms with Gasteiger partial charge < -0.3 is 5.73 Å². The van der Waals surface area contributed by atoms with Crippen molar-refractivity contribution < 1.29 is 0 Å². The molecule has 82 valence electrons. The van der Waals surface area contributed by atoms with Crippen molar-refractivity contribution >= 4 is 16.5 Å². The number of nitrogens with two attached hydrogens (primary N) is 1. The highest BCUT2D eigenvalue weighted by molar-refractivity contribution is 5.89. The molecular weight excluding hydrogens is 206 g/mol. The summed E-state index contributed by atoms with van der Waals surface area (Å²) in [6.07, 6.45) is 0. The number of anilines is 1. The van der Waals surface area contributed by atoms with E-state index in [9.17, 15) is 0 Å². The van der Waals surface area contributed by atoms with Crippen LogP contribution < -0.4 is 5.73 Å². The zero-order valence-electron chi connectivity index (χ0n) is 9.43. The van der Waals surface area contributed by atoms with E-state index in [1.54, 1.807) is 0 Å². The molecule has 17 heavy (non-hydrogen) atoms. The topological polar surface area (TPSA) is 26.0 Å². The Balaban J connectivity index is 2.19. The molecule has 0 aliphatic rings. The number of nitrogen functional groups attached to an aromatic ring is 1. The molecule has 0 aliphatic heterocycles. The van der Waals surface area contributed by atoms with E-state index in [2.05, 4.69) is 48.5 Å². The summed E-state index contributed by atoms with van der Waals surface area (Å²) in [5, 5.41) is 2.41. The standard InChI is InChI=1S/C16H13N/c17-16-9-8-13-6-7-14(10-15(13)11-16)12-4-2-1-3-5-12/h1-11H,17H2. The maximum Gasteiger partial charge on any atom is 0.0320 e. The molecule has 0 spiro atoms. The first kappa shape index (κ1) is 9.91. The van der Waals surface area contributed by atoms with Gasteiger partial charge in [0.2, 0.25) is 0 Å². The molecular formula is C16H13N. The molecule has 3 aromatic carbocycles. The third-order valence-corrected chi connectivity index (χ3v) is 2.97. The molecule has 0 bridgehead atoms. The molecule has 1 nitrogen and oxygen atoms in total. The molecule has 2 N–H and O–H groups in total. The van der Waals surface area contributed by atoms with Crippen LogP contribution in [-0.2, 0) is 0 Å². The van der Waals surface area contributed by atoms with E-state index in [1.807, 2.05) is 18.2 Å². The zero-order valence-corrected chi connectivity index (χ0v) is 9.43. The number of hydrogen-bond donors (Lipinski definition) is 1. The quantitative estimate of drug-likeness (QED) is 0.613. The minimum Gasteiger partial charge on any atom is -0.399 e. The van der Waals surface area contributed by atoms with Crippen molar-refractivity contribution in [2.24, 2.45) is 0 Å². The molecule has 0 fully saturated rings. The summed E-state index contributed by atoms with van der Waals surface area (Å²) in [7, 11) is 0. The summed E-state index contributed by atoms with van der Waals surface area (Å²) in [6, 6.07) is 22.8. The van der Waals surface area contributed by atoms with Crippen LogP contribution in [-0.4, -0.2) is 0 Å². The third kappa shape index (κ3) is 1.87. The Labute approximate surface area is 101 Å². The van der Waals surface area contributed by atoms with Crippen LogP contribution >= 0.6 is 0 Å². The van der Waals surface area contributed by atoms with E-state index in [0.717, 1.165) is 5.69 Å². The van der Waals surface area contributed by atoms with Crippen molar-refractivity contribution in [3.05, 3.63) is 66.7 Å². The molecule has 0 atom stereocenters. The molecule has 1 heteroatoms. The number of benzene rings is 3. The molecule has 0 amide bonds. The Kier molecular flexibility index (Phi) is 2.30. The van der Waals surface area contributed by atoms with Crippen molar-refractivity contribution in [1.82, 2.24) is 0 Å². The highest BCUT2D eigenvalue weighted by Crippen LogP contribution is 2.25. The summed E-state index contributed by atoms with van der Waals surface area (Å²) in [4.78, 5) is 0. The lowest BCUT2D eigenvalue weighted by atomic mass is 10.0. The van der Waals surface area contributed by atoms with Gasteiger partial charge in [-0.25, -0.2) is 0 Å². The summed E-state index contributed by atoms with van der Waals surface area (Å²) < 4.78 is 0. The van der Waals surface area contributed by atoms with Crippen LogP contribution in [0.4, 0.5) is 5.69 Å². The van der Waals surface area contributed by atoms with Crippen LogP contribution in [0.2, 0.25) is 0 Å². The molecule has 0 saturated carbocycles. The second kappa shape index (κ2) is 3.95. The van der Waals surface area contributed by atoms with Gasteiger partial charge in [-0.15, -0.1) is 0 Å². The minimum absolute atomic E-state index is 0.808. The summed E-state index contributed by atoms with van der Waals surface area (Å²) in [5.74, 6) is 0. The first-order valence-electron chi connectivity index (χ1n) is 5.68. The zero-order chi connectivity index (χ0) is 11.7. The Bertz CT molecular complexity index is 657. The van der Waals surface area contributed by atoms with Gasteiger partial charge in [0.25, 0.3) is 0 Å². The third-order valence-electron chi connectivity index (χ3n) is 2.97. The fourth-order valence-electron chi connectivity index (χ4n) is 2.08. The van der Waals surface area contributed by atoms with Gasteiger partial charge in [-0.05, 0) is 40.1 Å². The van der Waals surface area contributed by atoms with Crippen LogP contribution in [0.25, 0.3) is 21.9 Å². The SMILES string of the molecule is Nc1ccc2ccc(-c3ccccc3)cc2c1. The van der Waals surface area contributed by atoms with Crippen LogP contribution in [0.3, 0.4) is 0 Å². The van der Waals surface area contributed by atoms with Gasteiger partial charge in [0.05, 0.1) is 0 Å². The van der Waals surface area contributed by atoms with Gasteiger partial charge >= 0.3 is 0 Å².